The lowest BCUT2D eigenvalue weighted by atomic mass is 9.90. The quantitative estimate of drug-likeness (QED) is 0.719. The number of hydrogen-bond donors (Lipinski definition) is 0. The molecule has 2 aliphatic rings. The molecule has 0 bridgehead atoms. The molecule has 2 rings (SSSR count). The Morgan fingerprint density at radius 3 is 2.88 bits per heavy atom. The van der Waals surface area contributed by atoms with Crippen molar-refractivity contribution >= 4 is 22.7 Å². The fraction of sp³-hybridized carbons (Fsp3) is 0.385. The van der Waals surface area contributed by atoms with Gasteiger partial charge < -0.3 is 4.55 Å². The van der Waals surface area contributed by atoms with Crippen molar-refractivity contribution < 1.29 is 8.76 Å². The monoisotopic (exact) mass is 269 g/mol. The highest BCUT2D eigenvalue weighted by atomic mass is 35.5. The number of fused-ring (bicyclic) bond motifs is 1. The molecule has 2 atom stereocenters. The van der Waals surface area contributed by atoms with Gasteiger partial charge in [0.05, 0.1) is 0 Å². The summed E-state index contributed by atoms with van der Waals surface area (Å²) in [5, 5.41) is 0.819. The molecule has 0 aromatic carbocycles. The molecular weight excluding hydrogens is 256 g/mol. The van der Waals surface area contributed by atoms with Crippen molar-refractivity contribution in [1.82, 2.24) is 0 Å². The molecule has 4 heteroatoms. The predicted octanol–water partition coefficient (Wildman–Crippen LogP) is 3.56. The molecule has 0 fully saturated rings. The number of rotatable bonds is 2. The van der Waals surface area contributed by atoms with Gasteiger partial charge in [-0.05, 0) is 35.9 Å². The van der Waals surface area contributed by atoms with Gasteiger partial charge in [-0.25, -0.2) is 0 Å². The van der Waals surface area contributed by atoms with Crippen molar-refractivity contribution in [3.05, 3.63) is 45.4 Å². The molecule has 0 saturated carbocycles. The molecule has 0 saturated heterocycles. The van der Waals surface area contributed by atoms with E-state index in [2.05, 4.69) is 6.92 Å². The second kappa shape index (κ2) is 5.34. The molecule has 0 amide bonds. The molecule has 2 aliphatic carbocycles. The van der Waals surface area contributed by atoms with Crippen LogP contribution in [0.5, 0.6) is 0 Å². The van der Waals surface area contributed by atoms with Crippen molar-refractivity contribution in [2.24, 2.45) is 5.92 Å². The fourth-order valence-corrected chi connectivity index (χ4v) is 3.31. The third kappa shape index (κ3) is 2.46. The SMILES string of the molecule is CCC1=C(Cl)C2CC=CC(S(=O)[O-])=C2C=CC1. The van der Waals surface area contributed by atoms with Gasteiger partial charge in [-0.2, -0.15) is 0 Å². The molecular formula is C13H14ClO2S-. The van der Waals surface area contributed by atoms with Crippen LogP contribution in [0.15, 0.2) is 45.4 Å². The van der Waals surface area contributed by atoms with Gasteiger partial charge >= 0.3 is 0 Å². The summed E-state index contributed by atoms with van der Waals surface area (Å²) in [4.78, 5) is 0.369. The molecule has 17 heavy (non-hydrogen) atoms. The maximum Gasteiger partial charge on any atom is 0.0284 e. The first-order chi connectivity index (χ1) is 8.15. The van der Waals surface area contributed by atoms with Crippen LogP contribution in [-0.2, 0) is 11.1 Å². The summed E-state index contributed by atoms with van der Waals surface area (Å²) in [6.45, 7) is 2.07. The summed E-state index contributed by atoms with van der Waals surface area (Å²) in [7, 11) is 0. The molecule has 2 unspecified atom stereocenters. The molecule has 0 aromatic rings. The van der Waals surface area contributed by atoms with Gasteiger partial charge in [-0.1, -0.05) is 48.4 Å². The summed E-state index contributed by atoms with van der Waals surface area (Å²) >= 11 is 4.21. The minimum Gasteiger partial charge on any atom is -0.768 e. The Labute approximate surface area is 109 Å². The van der Waals surface area contributed by atoms with E-state index in [0.717, 1.165) is 29.9 Å². The second-order valence-electron chi connectivity index (χ2n) is 4.16. The van der Waals surface area contributed by atoms with Crippen molar-refractivity contribution in [2.45, 2.75) is 26.2 Å². The number of allylic oxidation sites excluding steroid dienone is 7. The lowest BCUT2D eigenvalue weighted by molar-refractivity contribution is 0.543. The van der Waals surface area contributed by atoms with Crippen molar-refractivity contribution in [3.8, 4) is 0 Å². The van der Waals surface area contributed by atoms with Crippen LogP contribution in [0.25, 0.3) is 0 Å². The van der Waals surface area contributed by atoms with E-state index in [1.54, 1.807) is 6.08 Å². The van der Waals surface area contributed by atoms with Gasteiger partial charge in [0.25, 0.3) is 0 Å². The minimum atomic E-state index is -2.20. The van der Waals surface area contributed by atoms with Gasteiger partial charge in [0.15, 0.2) is 0 Å². The van der Waals surface area contributed by atoms with Crippen molar-refractivity contribution in [1.29, 1.82) is 0 Å². The third-order valence-corrected chi connectivity index (χ3v) is 4.47. The first-order valence-corrected chi connectivity index (χ1v) is 7.14. The van der Waals surface area contributed by atoms with E-state index in [1.165, 1.54) is 5.57 Å². The van der Waals surface area contributed by atoms with Gasteiger partial charge in [0, 0.05) is 15.9 Å². The topological polar surface area (TPSA) is 40.1 Å². The average Bonchev–Trinajstić information content (AvgIpc) is 2.48. The fourth-order valence-electron chi connectivity index (χ4n) is 2.28. The summed E-state index contributed by atoms with van der Waals surface area (Å²) in [5.74, 6) is 0.0169. The molecule has 2 nitrogen and oxygen atoms in total. The molecule has 0 N–H and O–H groups in total. The van der Waals surface area contributed by atoms with Crippen LogP contribution in [0.1, 0.15) is 26.2 Å². The van der Waals surface area contributed by atoms with E-state index in [-0.39, 0.29) is 5.92 Å². The van der Waals surface area contributed by atoms with E-state index in [4.69, 9.17) is 11.6 Å². The van der Waals surface area contributed by atoms with Crippen LogP contribution < -0.4 is 0 Å². The zero-order chi connectivity index (χ0) is 12.4. The van der Waals surface area contributed by atoms with Crippen LogP contribution in [0.2, 0.25) is 0 Å². The minimum absolute atomic E-state index is 0.0169. The molecule has 0 aromatic heterocycles. The lowest BCUT2D eigenvalue weighted by Crippen LogP contribution is -2.11. The average molecular weight is 270 g/mol. The molecule has 0 aliphatic heterocycles. The van der Waals surface area contributed by atoms with Gasteiger partial charge in [-0.3, -0.25) is 4.21 Å². The Bertz CT molecular complexity index is 472. The van der Waals surface area contributed by atoms with Gasteiger partial charge in [0.1, 0.15) is 0 Å². The molecule has 0 radical (unpaired) electrons. The summed E-state index contributed by atoms with van der Waals surface area (Å²) in [6.07, 6.45) is 9.96. The lowest BCUT2D eigenvalue weighted by Gasteiger charge is -2.24. The Balaban J connectivity index is 2.53. The highest BCUT2D eigenvalue weighted by Crippen LogP contribution is 2.39. The maximum absolute atomic E-state index is 11.2. The largest absolute Gasteiger partial charge is 0.768 e. The zero-order valence-corrected chi connectivity index (χ0v) is 11.2. The standard InChI is InChI=1S/C13H15ClO2S/c1-2-9-5-3-6-10-11(13(9)14)7-4-8-12(10)17(15)16/h3-4,6,8,11H,2,5,7H2,1H3,(H,15,16)/p-1. The van der Waals surface area contributed by atoms with E-state index < -0.39 is 11.1 Å². The first kappa shape index (κ1) is 12.8. The van der Waals surface area contributed by atoms with E-state index in [0.29, 0.717) is 4.91 Å². The predicted molar refractivity (Wildman–Crippen MR) is 70.1 cm³/mol. The second-order valence-corrected chi connectivity index (χ2v) is 5.47. The van der Waals surface area contributed by atoms with Crippen LogP contribution in [-0.4, -0.2) is 8.76 Å². The smallest absolute Gasteiger partial charge is 0.0284 e. The zero-order valence-electron chi connectivity index (χ0n) is 9.61. The van der Waals surface area contributed by atoms with Gasteiger partial charge in [0.2, 0.25) is 0 Å². The van der Waals surface area contributed by atoms with Gasteiger partial charge in [-0.15, -0.1) is 0 Å². The Morgan fingerprint density at radius 2 is 2.24 bits per heavy atom. The van der Waals surface area contributed by atoms with Crippen molar-refractivity contribution in [2.75, 3.05) is 0 Å². The molecule has 0 spiro atoms. The van der Waals surface area contributed by atoms with E-state index in [9.17, 15) is 8.76 Å². The van der Waals surface area contributed by atoms with Crippen LogP contribution in [0, 0.1) is 5.92 Å². The molecule has 92 valence electrons. The summed E-state index contributed by atoms with van der Waals surface area (Å²) in [6, 6.07) is 0. The summed E-state index contributed by atoms with van der Waals surface area (Å²) < 4.78 is 22.4. The highest BCUT2D eigenvalue weighted by molar-refractivity contribution is 7.83. The van der Waals surface area contributed by atoms with Crippen LogP contribution in [0.4, 0.5) is 0 Å². The van der Waals surface area contributed by atoms with E-state index in [1.807, 2.05) is 18.2 Å². The van der Waals surface area contributed by atoms with Crippen molar-refractivity contribution in [3.63, 3.8) is 0 Å². The van der Waals surface area contributed by atoms with Crippen LogP contribution in [0.3, 0.4) is 0 Å². The first-order valence-electron chi connectivity index (χ1n) is 5.69. The van der Waals surface area contributed by atoms with E-state index >= 15 is 0 Å². The Hall–Kier alpha value is -0.640. The maximum atomic E-state index is 11.2. The third-order valence-electron chi connectivity index (χ3n) is 3.21. The Kier molecular flexibility index (Phi) is 4.02. The highest BCUT2D eigenvalue weighted by Gasteiger charge is 2.24. The number of halogens is 1. The summed E-state index contributed by atoms with van der Waals surface area (Å²) in [5.41, 5.74) is 2.03. The normalized spacial score (nSPS) is 25.9. The number of hydrogen-bond acceptors (Lipinski definition) is 2. The Morgan fingerprint density at radius 1 is 1.47 bits per heavy atom. The van der Waals surface area contributed by atoms with Crippen LogP contribution >= 0.6 is 11.6 Å². The molecule has 0 heterocycles.